The van der Waals surface area contributed by atoms with E-state index in [4.69, 9.17) is 4.74 Å². The number of halogens is 1. The Hall–Kier alpha value is 0.170. The minimum absolute atomic E-state index is 0. The summed E-state index contributed by atoms with van der Waals surface area (Å²) in [5.41, 5.74) is -0.0156. The van der Waals surface area contributed by atoms with Gasteiger partial charge in [0.25, 0.3) is 0 Å². The molecule has 0 aromatic carbocycles. The molecule has 12 heavy (non-hydrogen) atoms. The second-order valence-electron chi connectivity index (χ2n) is 3.39. The van der Waals surface area contributed by atoms with Gasteiger partial charge in [-0.15, -0.1) is 12.4 Å². The molecule has 0 bridgehead atoms. The van der Waals surface area contributed by atoms with Gasteiger partial charge in [0.15, 0.2) is 0 Å². The fourth-order valence-corrected chi connectivity index (χ4v) is 1.50. The molecule has 74 valence electrons. The third-order valence-electron chi connectivity index (χ3n) is 2.67. The number of ether oxygens (including phenoxy) is 1. The summed E-state index contributed by atoms with van der Waals surface area (Å²) >= 11 is 0. The highest BCUT2D eigenvalue weighted by molar-refractivity contribution is 5.85. The highest BCUT2D eigenvalue weighted by Crippen LogP contribution is 2.24. The molecule has 1 N–H and O–H groups in total. The summed E-state index contributed by atoms with van der Waals surface area (Å²) in [6.07, 6.45) is 1.88. The third-order valence-corrected chi connectivity index (χ3v) is 2.67. The van der Waals surface area contributed by atoms with Gasteiger partial charge in [0.2, 0.25) is 0 Å². The smallest absolute Gasteiger partial charge is 0.0616 e. The van der Waals surface area contributed by atoms with Crippen LogP contribution in [0.2, 0.25) is 0 Å². The molecule has 1 rings (SSSR count). The van der Waals surface area contributed by atoms with Crippen LogP contribution >= 0.6 is 12.4 Å². The number of aliphatic hydroxyl groups excluding tert-OH is 1. The fraction of sp³-hybridized carbons (Fsp3) is 1.00. The lowest BCUT2D eigenvalue weighted by molar-refractivity contribution is -0.0361. The largest absolute Gasteiger partial charge is 0.394 e. The van der Waals surface area contributed by atoms with Crippen LogP contribution in [0.25, 0.3) is 0 Å². The van der Waals surface area contributed by atoms with Crippen molar-refractivity contribution in [1.29, 1.82) is 0 Å². The van der Waals surface area contributed by atoms with Crippen LogP contribution in [0.15, 0.2) is 0 Å². The lowest BCUT2D eigenvalue weighted by atomic mass is 9.90. The Morgan fingerprint density at radius 2 is 1.83 bits per heavy atom. The van der Waals surface area contributed by atoms with Gasteiger partial charge in [-0.1, -0.05) is 0 Å². The van der Waals surface area contributed by atoms with E-state index in [2.05, 4.69) is 4.90 Å². The summed E-state index contributed by atoms with van der Waals surface area (Å²) in [6.45, 7) is 1.79. The van der Waals surface area contributed by atoms with Crippen LogP contribution in [0, 0.1) is 0 Å². The summed E-state index contributed by atoms with van der Waals surface area (Å²) in [6, 6.07) is 0. The fourth-order valence-electron chi connectivity index (χ4n) is 1.50. The van der Waals surface area contributed by atoms with Crippen molar-refractivity contribution in [3.63, 3.8) is 0 Å². The SMILES string of the molecule is CN(C)C1(CO)CCOCC1.Cl. The topological polar surface area (TPSA) is 32.7 Å². The maximum atomic E-state index is 9.21. The molecule has 0 aromatic rings. The van der Waals surface area contributed by atoms with Crippen molar-refractivity contribution in [2.45, 2.75) is 18.4 Å². The Kier molecular flexibility index (Phi) is 5.09. The van der Waals surface area contributed by atoms with Crippen LogP contribution in [-0.2, 0) is 4.74 Å². The van der Waals surface area contributed by atoms with Crippen LogP contribution in [0.4, 0.5) is 0 Å². The van der Waals surface area contributed by atoms with Gasteiger partial charge in [-0.25, -0.2) is 0 Å². The molecular weight excluding hydrogens is 178 g/mol. The molecule has 4 heteroatoms. The van der Waals surface area contributed by atoms with Gasteiger partial charge in [0.05, 0.1) is 6.61 Å². The standard InChI is InChI=1S/C8H17NO2.ClH/c1-9(2)8(7-10)3-5-11-6-4-8;/h10H,3-7H2,1-2H3;1H. The summed E-state index contributed by atoms with van der Waals surface area (Å²) in [5, 5.41) is 9.21. The van der Waals surface area contributed by atoms with E-state index in [1.54, 1.807) is 0 Å². The minimum Gasteiger partial charge on any atom is -0.394 e. The average Bonchev–Trinajstić information content (AvgIpc) is 2.05. The van der Waals surface area contributed by atoms with E-state index < -0.39 is 0 Å². The van der Waals surface area contributed by atoms with Crippen LogP contribution in [0.5, 0.6) is 0 Å². The summed E-state index contributed by atoms with van der Waals surface area (Å²) in [4.78, 5) is 2.11. The Morgan fingerprint density at radius 3 is 2.08 bits per heavy atom. The van der Waals surface area contributed by atoms with Crippen molar-refractivity contribution in [2.24, 2.45) is 0 Å². The Morgan fingerprint density at radius 1 is 1.33 bits per heavy atom. The van der Waals surface area contributed by atoms with Gasteiger partial charge in [-0.05, 0) is 26.9 Å². The molecular formula is C8H18ClNO2. The second-order valence-corrected chi connectivity index (χ2v) is 3.39. The van der Waals surface area contributed by atoms with Crippen LogP contribution in [0.3, 0.4) is 0 Å². The molecule has 3 nitrogen and oxygen atoms in total. The zero-order chi connectivity index (χ0) is 8.32. The van der Waals surface area contributed by atoms with Crippen molar-refractivity contribution in [2.75, 3.05) is 33.9 Å². The summed E-state index contributed by atoms with van der Waals surface area (Å²) in [7, 11) is 4.03. The molecule has 0 unspecified atom stereocenters. The molecule has 0 atom stereocenters. The van der Waals surface area contributed by atoms with E-state index >= 15 is 0 Å². The maximum Gasteiger partial charge on any atom is 0.0616 e. The van der Waals surface area contributed by atoms with Gasteiger partial charge in [0, 0.05) is 18.8 Å². The predicted octanol–water partition coefficient (Wildman–Crippen LogP) is 0.511. The highest BCUT2D eigenvalue weighted by Gasteiger charge is 2.33. The maximum absolute atomic E-state index is 9.21. The van der Waals surface area contributed by atoms with Crippen molar-refractivity contribution >= 4 is 12.4 Å². The molecule has 0 amide bonds. The van der Waals surface area contributed by atoms with Crippen molar-refractivity contribution in [3.8, 4) is 0 Å². The van der Waals surface area contributed by atoms with Crippen LogP contribution < -0.4 is 0 Å². The quantitative estimate of drug-likeness (QED) is 0.697. The van der Waals surface area contributed by atoms with E-state index in [9.17, 15) is 5.11 Å². The summed E-state index contributed by atoms with van der Waals surface area (Å²) in [5.74, 6) is 0. The molecule has 0 radical (unpaired) electrons. The molecule has 1 heterocycles. The van der Waals surface area contributed by atoms with E-state index in [0.717, 1.165) is 26.1 Å². The molecule has 0 aliphatic carbocycles. The first-order chi connectivity index (χ1) is 5.21. The number of aliphatic hydroxyl groups is 1. The first-order valence-electron chi connectivity index (χ1n) is 4.07. The minimum atomic E-state index is -0.0156. The Bertz CT molecular complexity index is 124. The number of nitrogens with zero attached hydrogens (tertiary/aromatic N) is 1. The van der Waals surface area contributed by atoms with Crippen LogP contribution in [-0.4, -0.2) is 49.5 Å². The first kappa shape index (κ1) is 12.2. The van der Waals surface area contributed by atoms with E-state index in [-0.39, 0.29) is 24.6 Å². The van der Waals surface area contributed by atoms with E-state index in [0.29, 0.717) is 0 Å². The Balaban J connectivity index is 0.00000121. The first-order valence-corrected chi connectivity index (χ1v) is 4.07. The summed E-state index contributed by atoms with van der Waals surface area (Å²) < 4.78 is 5.24. The Labute approximate surface area is 80.1 Å². The zero-order valence-electron chi connectivity index (χ0n) is 7.75. The molecule has 1 aliphatic heterocycles. The number of hydrogen-bond donors (Lipinski definition) is 1. The zero-order valence-corrected chi connectivity index (χ0v) is 8.56. The van der Waals surface area contributed by atoms with E-state index in [1.165, 1.54) is 0 Å². The van der Waals surface area contributed by atoms with Gasteiger partial charge >= 0.3 is 0 Å². The van der Waals surface area contributed by atoms with Gasteiger partial charge in [0.1, 0.15) is 0 Å². The van der Waals surface area contributed by atoms with Crippen molar-refractivity contribution in [3.05, 3.63) is 0 Å². The molecule has 0 spiro atoms. The highest BCUT2D eigenvalue weighted by atomic mass is 35.5. The monoisotopic (exact) mass is 195 g/mol. The molecule has 0 aromatic heterocycles. The predicted molar refractivity (Wildman–Crippen MR) is 50.8 cm³/mol. The van der Waals surface area contributed by atoms with Crippen molar-refractivity contribution in [1.82, 2.24) is 4.90 Å². The molecule has 1 saturated heterocycles. The number of likely N-dealkylation sites (N-methyl/N-ethyl adjacent to an activating group) is 1. The van der Waals surface area contributed by atoms with Crippen LogP contribution in [0.1, 0.15) is 12.8 Å². The molecule has 1 fully saturated rings. The second kappa shape index (κ2) is 5.02. The van der Waals surface area contributed by atoms with E-state index in [1.807, 2.05) is 14.1 Å². The normalized spacial score (nSPS) is 22.0. The molecule has 0 saturated carbocycles. The lowest BCUT2D eigenvalue weighted by Gasteiger charge is -2.41. The van der Waals surface area contributed by atoms with Gasteiger partial charge < -0.3 is 14.7 Å². The number of hydrogen-bond acceptors (Lipinski definition) is 3. The molecule has 1 aliphatic rings. The number of rotatable bonds is 2. The average molecular weight is 196 g/mol. The van der Waals surface area contributed by atoms with Gasteiger partial charge in [-0.3, -0.25) is 0 Å². The van der Waals surface area contributed by atoms with Crippen molar-refractivity contribution < 1.29 is 9.84 Å². The van der Waals surface area contributed by atoms with Gasteiger partial charge in [-0.2, -0.15) is 0 Å². The lowest BCUT2D eigenvalue weighted by Crippen LogP contribution is -2.51. The third kappa shape index (κ3) is 2.33.